The largest absolute Gasteiger partial charge is 0.488 e. The highest BCUT2D eigenvalue weighted by molar-refractivity contribution is 5.90. The van der Waals surface area contributed by atoms with Crippen molar-refractivity contribution >= 4 is 11.7 Å². The van der Waals surface area contributed by atoms with Crippen molar-refractivity contribution in [3.63, 3.8) is 0 Å². The first-order chi connectivity index (χ1) is 9.97. The Bertz CT molecular complexity index is 679. The quantitative estimate of drug-likeness (QED) is 0.673. The number of hydrogen-bond donors (Lipinski definition) is 1. The van der Waals surface area contributed by atoms with Crippen LogP contribution in [0.25, 0.3) is 0 Å². The third-order valence-corrected chi connectivity index (χ3v) is 2.91. The van der Waals surface area contributed by atoms with Gasteiger partial charge in [-0.1, -0.05) is 6.07 Å². The van der Waals surface area contributed by atoms with Gasteiger partial charge < -0.3 is 9.84 Å². The standard InChI is InChI=1S/C15H13NO5/c1-10-2-7-13(15(17)18)14(8-10)21-9-11-3-5-12(6-4-11)16(19)20/h2-8H,9H2,1H3,(H,17,18). The van der Waals surface area contributed by atoms with E-state index in [0.717, 1.165) is 11.1 Å². The van der Waals surface area contributed by atoms with Gasteiger partial charge in [0.05, 0.1) is 4.92 Å². The van der Waals surface area contributed by atoms with Gasteiger partial charge in [0, 0.05) is 12.1 Å². The van der Waals surface area contributed by atoms with Crippen molar-refractivity contribution < 1.29 is 19.6 Å². The second-order valence-corrected chi connectivity index (χ2v) is 4.52. The number of nitro benzene ring substituents is 1. The summed E-state index contributed by atoms with van der Waals surface area (Å²) in [4.78, 5) is 21.2. The summed E-state index contributed by atoms with van der Waals surface area (Å²) in [6, 6.07) is 10.8. The van der Waals surface area contributed by atoms with Crippen LogP contribution in [0.5, 0.6) is 5.75 Å². The summed E-state index contributed by atoms with van der Waals surface area (Å²) in [7, 11) is 0. The van der Waals surface area contributed by atoms with Crippen molar-refractivity contribution in [2.24, 2.45) is 0 Å². The molecule has 108 valence electrons. The lowest BCUT2D eigenvalue weighted by atomic mass is 10.1. The molecule has 2 aromatic carbocycles. The summed E-state index contributed by atoms with van der Waals surface area (Å²) in [5.74, 6) is -0.783. The molecule has 0 amide bonds. The van der Waals surface area contributed by atoms with Crippen LogP contribution in [0, 0.1) is 17.0 Å². The Kier molecular flexibility index (Phi) is 4.18. The Balaban J connectivity index is 2.14. The zero-order chi connectivity index (χ0) is 15.4. The molecule has 0 saturated heterocycles. The van der Waals surface area contributed by atoms with E-state index in [1.165, 1.54) is 18.2 Å². The first-order valence-electron chi connectivity index (χ1n) is 6.17. The van der Waals surface area contributed by atoms with E-state index in [0.29, 0.717) is 0 Å². The Hall–Kier alpha value is -2.89. The minimum atomic E-state index is -1.06. The number of benzene rings is 2. The van der Waals surface area contributed by atoms with Crippen LogP contribution in [0.15, 0.2) is 42.5 Å². The summed E-state index contributed by atoms with van der Waals surface area (Å²) >= 11 is 0. The zero-order valence-corrected chi connectivity index (χ0v) is 11.3. The summed E-state index contributed by atoms with van der Waals surface area (Å²) < 4.78 is 5.51. The number of non-ortho nitro benzene ring substituents is 1. The molecule has 0 heterocycles. The molecule has 21 heavy (non-hydrogen) atoms. The molecule has 0 aromatic heterocycles. The maximum Gasteiger partial charge on any atom is 0.339 e. The van der Waals surface area contributed by atoms with Crippen LogP contribution in [0.1, 0.15) is 21.5 Å². The van der Waals surface area contributed by atoms with Crippen LogP contribution >= 0.6 is 0 Å². The fourth-order valence-electron chi connectivity index (χ4n) is 1.80. The van der Waals surface area contributed by atoms with E-state index in [4.69, 9.17) is 9.84 Å². The number of ether oxygens (including phenoxy) is 1. The van der Waals surface area contributed by atoms with Crippen LogP contribution < -0.4 is 4.74 Å². The summed E-state index contributed by atoms with van der Waals surface area (Å²) in [6.45, 7) is 1.98. The molecule has 0 unspecified atom stereocenters. The van der Waals surface area contributed by atoms with Crippen molar-refractivity contribution in [3.05, 3.63) is 69.3 Å². The Labute approximate surface area is 120 Å². The molecule has 0 atom stereocenters. The molecule has 0 aliphatic carbocycles. The molecule has 1 N–H and O–H groups in total. The fourth-order valence-corrected chi connectivity index (χ4v) is 1.80. The van der Waals surface area contributed by atoms with E-state index in [1.807, 2.05) is 6.92 Å². The molecule has 2 rings (SSSR count). The lowest BCUT2D eigenvalue weighted by Crippen LogP contribution is -2.03. The van der Waals surface area contributed by atoms with Gasteiger partial charge in [-0.25, -0.2) is 4.79 Å². The third kappa shape index (κ3) is 3.56. The lowest BCUT2D eigenvalue weighted by molar-refractivity contribution is -0.384. The van der Waals surface area contributed by atoms with E-state index in [-0.39, 0.29) is 23.6 Å². The number of nitrogens with zero attached hydrogens (tertiary/aromatic N) is 1. The van der Waals surface area contributed by atoms with Crippen molar-refractivity contribution in [1.29, 1.82) is 0 Å². The smallest absolute Gasteiger partial charge is 0.339 e. The molecule has 0 radical (unpaired) electrons. The summed E-state index contributed by atoms with van der Waals surface area (Å²) in [5.41, 5.74) is 1.69. The van der Waals surface area contributed by atoms with Gasteiger partial charge in [-0.05, 0) is 42.3 Å². The Morgan fingerprint density at radius 3 is 2.48 bits per heavy atom. The van der Waals surface area contributed by atoms with Gasteiger partial charge in [0.15, 0.2) is 0 Å². The van der Waals surface area contributed by atoms with Gasteiger partial charge in [0.2, 0.25) is 0 Å². The maximum atomic E-state index is 11.1. The third-order valence-electron chi connectivity index (χ3n) is 2.91. The molecule has 0 aliphatic heterocycles. The molecule has 6 heteroatoms. The zero-order valence-electron chi connectivity index (χ0n) is 11.3. The van der Waals surface area contributed by atoms with Crippen molar-refractivity contribution in [2.75, 3.05) is 0 Å². The normalized spacial score (nSPS) is 10.1. The highest BCUT2D eigenvalue weighted by Gasteiger charge is 2.11. The van der Waals surface area contributed by atoms with E-state index in [9.17, 15) is 14.9 Å². The molecular formula is C15H13NO5. The minimum Gasteiger partial charge on any atom is -0.488 e. The highest BCUT2D eigenvalue weighted by atomic mass is 16.6. The van der Waals surface area contributed by atoms with Crippen molar-refractivity contribution in [3.8, 4) is 5.75 Å². The number of nitro groups is 1. The summed E-state index contributed by atoms with van der Waals surface area (Å²) in [6.07, 6.45) is 0. The van der Waals surface area contributed by atoms with Gasteiger partial charge in [0.1, 0.15) is 17.9 Å². The number of aryl methyl sites for hydroxylation is 1. The molecule has 6 nitrogen and oxygen atoms in total. The lowest BCUT2D eigenvalue weighted by Gasteiger charge is -2.10. The van der Waals surface area contributed by atoms with Gasteiger partial charge in [-0.15, -0.1) is 0 Å². The van der Waals surface area contributed by atoms with Crippen molar-refractivity contribution in [1.82, 2.24) is 0 Å². The predicted octanol–water partition coefficient (Wildman–Crippen LogP) is 3.18. The van der Waals surface area contributed by atoms with Crippen LogP contribution in [0.2, 0.25) is 0 Å². The maximum absolute atomic E-state index is 11.1. The highest BCUT2D eigenvalue weighted by Crippen LogP contribution is 2.22. The number of aromatic carboxylic acids is 1. The molecule has 0 saturated carbocycles. The fraction of sp³-hybridized carbons (Fsp3) is 0.133. The number of rotatable bonds is 5. The monoisotopic (exact) mass is 287 g/mol. The molecule has 0 spiro atoms. The average molecular weight is 287 g/mol. The number of carboxylic acid groups (broad SMARTS) is 1. The molecule has 2 aromatic rings. The molecule has 0 aliphatic rings. The van der Waals surface area contributed by atoms with Gasteiger partial charge in [-0.3, -0.25) is 10.1 Å². The van der Waals surface area contributed by atoms with E-state index < -0.39 is 10.9 Å². The van der Waals surface area contributed by atoms with Crippen LogP contribution in [-0.4, -0.2) is 16.0 Å². The number of hydrogen-bond acceptors (Lipinski definition) is 4. The molecule has 0 bridgehead atoms. The average Bonchev–Trinajstić information content (AvgIpc) is 2.45. The summed E-state index contributed by atoms with van der Waals surface area (Å²) in [5, 5.41) is 19.7. The first kappa shape index (κ1) is 14.5. The van der Waals surface area contributed by atoms with Crippen LogP contribution in [0.3, 0.4) is 0 Å². The van der Waals surface area contributed by atoms with Gasteiger partial charge >= 0.3 is 5.97 Å². The van der Waals surface area contributed by atoms with E-state index in [1.54, 1.807) is 24.3 Å². The van der Waals surface area contributed by atoms with Gasteiger partial charge in [0.25, 0.3) is 5.69 Å². The number of carboxylic acids is 1. The topological polar surface area (TPSA) is 89.7 Å². The predicted molar refractivity (Wildman–Crippen MR) is 75.6 cm³/mol. The van der Waals surface area contributed by atoms with E-state index >= 15 is 0 Å². The molecule has 0 fully saturated rings. The Morgan fingerprint density at radius 2 is 1.90 bits per heavy atom. The van der Waals surface area contributed by atoms with Crippen LogP contribution in [-0.2, 0) is 6.61 Å². The second-order valence-electron chi connectivity index (χ2n) is 4.52. The number of carbonyl (C=O) groups is 1. The van der Waals surface area contributed by atoms with E-state index in [2.05, 4.69) is 0 Å². The van der Waals surface area contributed by atoms with Gasteiger partial charge in [-0.2, -0.15) is 0 Å². The first-order valence-corrected chi connectivity index (χ1v) is 6.17. The second kappa shape index (κ2) is 6.04. The minimum absolute atomic E-state index is 0.000491. The molecular weight excluding hydrogens is 274 g/mol. The Morgan fingerprint density at radius 1 is 1.24 bits per heavy atom. The van der Waals surface area contributed by atoms with Crippen molar-refractivity contribution in [2.45, 2.75) is 13.5 Å². The SMILES string of the molecule is Cc1ccc(C(=O)O)c(OCc2ccc([N+](=O)[O-])cc2)c1. The van der Waals surface area contributed by atoms with Crippen LogP contribution in [0.4, 0.5) is 5.69 Å².